The van der Waals surface area contributed by atoms with E-state index < -0.39 is 11.4 Å². The zero-order valence-corrected chi connectivity index (χ0v) is 14.7. The highest BCUT2D eigenvalue weighted by Gasteiger charge is 2.58. The lowest BCUT2D eigenvalue weighted by atomic mass is 9.53. The summed E-state index contributed by atoms with van der Waals surface area (Å²) in [4.78, 5) is 21.8. The third kappa shape index (κ3) is 3.88. The van der Waals surface area contributed by atoms with Crippen molar-refractivity contribution in [2.24, 2.45) is 17.3 Å². The van der Waals surface area contributed by atoms with E-state index >= 15 is 0 Å². The van der Waals surface area contributed by atoms with Crippen LogP contribution in [0.25, 0.3) is 0 Å². The molecule has 1 aromatic carbocycles. The number of carboxylic acid groups (broad SMARTS) is 1. The number of nitro groups is 1. The van der Waals surface area contributed by atoms with Crippen molar-refractivity contribution in [3.63, 3.8) is 0 Å². The van der Waals surface area contributed by atoms with Crippen LogP contribution in [0.3, 0.4) is 0 Å². The molecule has 0 unspecified atom stereocenters. The van der Waals surface area contributed by atoms with Crippen LogP contribution in [0.5, 0.6) is 5.75 Å². The van der Waals surface area contributed by atoms with Crippen molar-refractivity contribution in [2.75, 3.05) is 20.3 Å². The van der Waals surface area contributed by atoms with Gasteiger partial charge in [-0.05, 0) is 47.9 Å². The van der Waals surface area contributed by atoms with Gasteiger partial charge in [-0.15, -0.1) is 0 Å². The summed E-state index contributed by atoms with van der Waals surface area (Å²) >= 11 is 0. The number of hydrogen-bond donors (Lipinski definition) is 1. The zero-order chi connectivity index (χ0) is 18.7. The van der Waals surface area contributed by atoms with Gasteiger partial charge in [0.25, 0.3) is 0 Å². The molecule has 0 aliphatic heterocycles. The second-order valence-electron chi connectivity index (χ2n) is 7.28. The maximum absolute atomic E-state index is 11.2. The standard InChI is InChI=1S/C19H23NO6/c1-25-16-4-2-13(3-5-16)10-26-11-14-6-15-8-19(9-18(21)22,12-20(23)24)17(15)7-14/h2-5,7,15,17H,6,8-12H2,1H3,(H,21,22)/t15-,17-,19-/m0/s1. The predicted molar refractivity (Wildman–Crippen MR) is 93.5 cm³/mol. The molecule has 140 valence electrons. The molecule has 1 aromatic rings. The Morgan fingerprint density at radius 3 is 2.69 bits per heavy atom. The molecular formula is C19H23NO6. The fourth-order valence-electron chi connectivity index (χ4n) is 4.40. The van der Waals surface area contributed by atoms with E-state index in [-0.39, 0.29) is 23.8 Å². The van der Waals surface area contributed by atoms with E-state index in [1.54, 1.807) is 7.11 Å². The average Bonchev–Trinajstić information content (AvgIpc) is 2.92. The third-order valence-corrected chi connectivity index (χ3v) is 5.49. The summed E-state index contributed by atoms with van der Waals surface area (Å²) < 4.78 is 10.9. The van der Waals surface area contributed by atoms with Crippen molar-refractivity contribution < 1.29 is 24.3 Å². The number of carboxylic acids is 1. The molecule has 1 N–H and O–H groups in total. The van der Waals surface area contributed by atoms with Crippen molar-refractivity contribution in [1.29, 1.82) is 0 Å². The number of methoxy groups -OCH3 is 1. The van der Waals surface area contributed by atoms with Gasteiger partial charge in [-0.3, -0.25) is 14.9 Å². The number of nitrogens with zero attached hydrogens (tertiary/aromatic N) is 1. The Morgan fingerprint density at radius 2 is 2.08 bits per heavy atom. The molecule has 7 nitrogen and oxygen atoms in total. The van der Waals surface area contributed by atoms with Crippen LogP contribution in [0.4, 0.5) is 0 Å². The van der Waals surface area contributed by atoms with E-state index in [0.717, 1.165) is 23.3 Å². The van der Waals surface area contributed by atoms with Gasteiger partial charge in [0.2, 0.25) is 6.54 Å². The molecule has 1 fully saturated rings. The Morgan fingerprint density at radius 1 is 1.35 bits per heavy atom. The van der Waals surface area contributed by atoms with Crippen LogP contribution in [0.15, 0.2) is 35.9 Å². The van der Waals surface area contributed by atoms with E-state index in [2.05, 4.69) is 0 Å². The van der Waals surface area contributed by atoms with Crippen LogP contribution in [0.2, 0.25) is 0 Å². The number of fused-ring (bicyclic) bond motifs is 1. The van der Waals surface area contributed by atoms with Crippen molar-refractivity contribution in [3.8, 4) is 5.75 Å². The minimum Gasteiger partial charge on any atom is -0.497 e. The number of carbonyl (C=O) groups is 1. The average molecular weight is 361 g/mol. The first-order valence-electron chi connectivity index (χ1n) is 8.66. The summed E-state index contributed by atoms with van der Waals surface area (Å²) in [5, 5.41) is 20.1. The van der Waals surface area contributed by atoms with Gasteiger partial charge >= 0.3 is 5.97 Å². The summed E-state index contributed by atoms with van der Waals surface area (Å²) in [6.45, 7) is 0.670. The van der Waals surface area contributed by atoms with Gasteiger partial charge in [0.05, 0.1) is 32.2 Å². The number of benzene rings is 1. The van der Waals surface area contributed by atoms with Crippen LogP contribution < -0.4 is 4.74 Å². The topological polar surface area (TPSA) is 98.9 Å². The fourth-order valence-corrected chi connectivity index (χ4v) is 4.40. The molecule has 1 saturated carbocycles. The Hall–Kier alpha value is -2.41. The van der Waals surface area contributed by atoms with Crippen molar-refractivity contribution in [2.45, 2.75) is 25.9 Å². The molecule has 0 aromatic heterocycles. The minimum absolute atomic E-state index is 0.0245. The van der Waals surface area contributed by atoms with Gasteiger partial charge < -0.3 is 14.6 Å². The van der Waals surface area contributed by atoms with E-state index in [1.807, 2.05) is 30.3 Å². The number of ether oxygens (including phenoxy) is 2. The number of aliphatic carboxylic acids is 1. The Balaban J connectivity index is 1.56. The maximum Gasteiger partial charge on any atom is 0.304 e. The van der Waals surface area contributed by atoms with Gasteiger partial charge in [-0.1, -0.05) is 18.2 Å². The number of allylic oxidation sites excluding steroid dienone is 1. The quantitative estimate of drug-likeness (QED) is 0.412. The Kier molecular flexibility index (Phi) is 5.27. The molecule has 2 aliphatic rings. The Labute approximate surface area is 151 Å². The molecule has 26 heavy (non-hydrogen) atoms. The second kappa shape index (κ2) is 7.45. The number of rotatable bonds is 9. The second-order valence-corrected chi connectivity index (χ2v) is 7.28. The van der Waals surface area contributed by atoms with Crippen molar-refractivity contribution in [1.82, 2.24) is 0 Å². The van der Waals surface area contributed by atoms with E-state index in [0.29, 0.717) is 25.6 Å². The van der Waals surface area contributed by atoms with Crippen LogP contribution >= 0.6 is 0 Å². The first-order valence-corrected chi connectivity index (χ1v) is 8.66. The van der Waals surface area contributed by atoms with Crippen LogP contribution in [0.1, 0.15) is 24.8 Å². The molecule has 2 aliphatic carbocycles. The molecule has 0 radical (unpaired) electrons. The smallest absolute Gasteiger partial charge is 0.304 e. The highest BCUT2D eigenvalue weighted by Crippen LogP contribution is 2.59. The van der Waals surface area contributed by atoms with Crippen molar-refractivity contribution in [3.05, 3.63) is 51.6 Å². The summed E-state index contributed by atoms with van der Waals surface area (Å²) in [7, 11) is 1.62. The highest BCUT2D eigenvalue weighted by molar-refractivity contribution is 5.68. The summed E-state index contributed by atoms with van der Waals surface area (Å²) in [6.07, 6.45) is 3.32. The first-order chi connectivity index (χ1) is 12.4. The van der Waals surface area contributed by atoms with Crippen LogP contribution in [-0.2, 0) is 16.1 Å². The minimum atomic E-state index is -0.970. The molecule has 7 heteroatoms. The molecular weight excluding hydrogens is 338 g/mol. The normalized spacial score (nSPS) is 26.6. The lowest BCUT2D eigenvalue weighted by molar-refractivity contribution is -0.505. The van der Waals surface area contributed by atoms with Gasteiger partial charge in [-0.25, -0.2) is 0 Å². The van der Waals surface area contributed by atoms with Gasteiger partial charge in [-0.2, -0.15) is 0 Å². The van der Waals surface area contributed by atoms with Crippen LogP contribution in [0, 0.1) is 27.4 Å². The summed E-state index contributed by atoms with van der Waals surface area (Å²) in [5.41, 5.74) is 1.42. The van der Waals surface area contributed by atoms with E-state index in [1.165, 1.54) is 0 Å². The van der Waals surface area contributed by atoms with Gasteiger partial charge in [0.1, 0.15) is 5.75 Å². The van der Waals surface area contributed by atoms with Gasteiger partial charge in [0.15, 0.2) is 0 Å². The Bertz CT molecular complexity index is 695. The highest BCUT2D eigenvalue weighted by atomic mass is 16.6. The third-order valence-electron chi connectivity index (χ3n) is 5.49. The summed E-state index contributed by atoms with van der Waals surface area (Å²) in [5.74, 6) is 0.116. The molecule has 0 bridgehead atoms. The zero-order valence-electron chi connectivity index (χ0n) is 14.7. The molecule has 0 heterocycles. The fraction of sp³-hybridized carbons (Fsp3) is 0.526. The molecule has 0 spiro atoms. The predicted octanol–water partition coefficient (Wildman–Crippen LogP) is 2.92. The maximum atomic E-state index is 11.2. The van der Waals surface area contributed by atoms with Crippen molar-refractivity contribution >= 4 is 5.97 Å². The first kappa shape index (κ1) is 18.4. The summed E-state index contributed by atoms with van der Waals surface area (Å²) in [6, 6.07) is 7.65. The monoisotopic (exact) mass is 361 g/mol. The lowest BCUT2D eigenvalue weighted by Crippen LogP contribution is -2.50. The molecule has 0 saturated heterocycles. The molecule has 3 rings (SSSR count). The van der Waals surface area contributed by atoms with Crippen LogP contribution in [-0.4, -0.2) is 36.3 Å². The lowest BCUT2D eigenvalue weighted by Gasteiger charge is -2.48. The van der Waals surface area contributed by atoms with E-state index in [9.17, 15) is 14.9 Å². The van der Waals surface area contributed by atoms with Gasteiger partial charge in [0, 0.05) is 4.92 Å². The number of hydrogen-bond acceptors (Lipinski definition) is 5. The van der Waals surface area contributed by atoms with E-state index in [4.69, 9.17) is 14.6 Å². The largest absolute Gasteiger partial charge is 0.497 e. The molecule has 0 amide bonds. The SMILES string of the molecule is COc1ccc(COCC2=C[C@H]3[C@@H](C2)C[C@]3(CC(=O)O)C[N+](=O)[O-])cc1. The molecule has 3 atom stereocenters.